The zero-order valence-electron chi connectivity index (χ0n) is 21.1. The number of aryl methyl sites for hydroxylation is 1. The van der Waals surface area contributed by atoms with E-state index in [1.165, 1.54) is 36.7 Å². The van der Waals surface area contributed by atoms with Gasteiger partial charge in [-0.3, -0.25) is 9.25 Å². The van der Waals surface area contributed by atoms with Crippen molar-refractivity contribution in [2.75, 3.05) is 6.26 Å². The van der Waals surface area contributed by atoms with Gasteiger partial charge in [-0.2, -0.15) is 10.4 Å². The molecule has 4 heterocycles. The van der Waals surface area contributed by atoms with Crippen molar-refractivity contribution in [1.82, 2.24) is 28.3 Å². The van der Waals surface area contributed by atoms with Gasteiger partial charge in [-0.25, -0.2) is 30.8 Å². The van der Waals surface area contributed by atoms with Crippen molar-refractivity contribution < 1.29 is 16.8 Å². The minimum absolute atomic E-state index is 0.133. The van der Waals surface area contributed by atoms with Gasteiger partial charge >= 0.3 is 0 Å². The van der Waals surface area contributed by atoms with Gasteiger partial charge < -0.3 is 0 Å². The summed E-state index contributed by atoms with van der Waals surface area (Å²) >= 11 is 0. The van der Waals surface area contributed by atoms with Gasteiger partial charge in [0.25, 0.3) is 10.0 Å². The van der Waals surface area contributed by atoms with Crippen LogP contribution in [0.2, 0.25) is 0 Å². The monoisotopic (exact) mass is 571 g/mol. The van der Waals surface area contributed by atoms with Crippen molar-refractivity contribution in [2.24, 2.45) is 0 Å². The Hall–Kier alpha value is -4.80. The maximum absolute atomic E-state index is 13.5. The van der Waals surface area contributed by atoms with Crippen LogP contribution in [0.1, 0.15) is 6.42 Å². The van der Waals surface area contributed by atoms with Gasteiger partial charge in [0.1, 0.15) is 11.3 Å². The highest BCUT2D eigenvalue weighted by atomic mass is 32.2. The highest BCUT2D eigenvalue weighted by Crippen LogP contribution is 2.34. The van der Waals surface area contributed by atoms with Crippen LogP contribution in [-0.2, 0) is 26.4 Å². The number of hydrogen-bond acceptors (Lipinski definition) is 8. The predicted molar refractivity (Wildman–Crippen MR) is 148 cm³/mol. The molecule has 0 aliphatic carbocycles. The van der Waals surface area contributed by atoms with Crippen molar-refractivity contribution in [3.8, 4) is 23.1 Å². The molecule has 0 N–H and O–H groups in total. The van der Waals surface area contributed by atoms with Crippen LogP contribution in [0.15, 0.2) is 95.2 Å². The lowest BCUT2D eigenvalue weighted by Gasteiger charge is -2.09. The number of nitriles is 1. The molecule has 0 spiro atoms. The Kier molecular flexibility index (Phi) is 6.01. The molecule has 0 fully saturated rings. The molecule has 6 aromatic rings. The van der Waals surface area contributed by atoms with Crippen LogP contribution in [-0.4, -0.2) is 51.4 Å². The molecule has 11 nitrogen and oxygen atoms in total. The number of pyridine rings is 1. The molecule has 2 aromatic carbocycles. The molecule has 6 rings (SSSR count). The molecule has 0 aliphatic rings. The van der Waals surface area contributed by atoms with Crippen molar-refractivity contribution in [3.63, 3.8) is 0 Å². The average Bonchev–Trinajstić information content (AvgIpc) is 3.68. The smallest absolute Gasteiger partial charge is 0.269 e. The van der Waals surface area contributed by atoms with E-state index in [1.807, 2.05) is 4.57 Å². The lowest BCUT2D eigenvalue weighted by Crippen LogP contribution is -2.12. The molecule has 200 valence electrons. The summed E-state index contributed by atoms with van der Waals surface area (Å²) < 4.78 is 55.6. The normalized spacial score (nSPS) is 12.2. The molecule has 0 atom stereocenters. The second-order valence-electron chi connectivity index (χ2n) is 9.10. The Morgan fingerprint density at radius 2 is 1.68 bits per heavy atom. The molecular weight excluding hydrogens is 550 g/mol. The van der Waals surface area contributed by atoms with Crippen LogP contribution in [0, 0.1) is 11.3 Å². The maximum Gasteiger partial charge on any atom is 0.269 e. The summed E-state index contributed by atoms with van der Waals surface area (Å²) in [4.78, 5) is 9.58. The molecular formula is C27H21N7O4S2. The van der Waals surface area contributed by atoms with Crippen LogP contribution in [0.5, 0.6) is 0 Å². The molecule has 0 saturated carbocycles. The second kappa shape index (κ2) is 9.44. The molecule has 0 saturated heterocycles. The summed E-state index contributed by atoms with van der Waals surface area (Å²) in [6.07, 6.45) is 7.81. The number of fused-ring (bicyclic) bond motifs is 3. The number of aromatic nitrogens is 6. The van der Waals surface area contributed by atoms with Crippen molar-refractivity contribution in [2.45, 2.75) is 22.8 Å². The fourth-order valence-corrected chi connectivity index (χ4v) is 6.53. The van der Waals surface area contributed by atoms with Gasteiger partial charge in [-0.05, 0) is 42.5 Å². The topological polar surface area (TPSA) is 146 Å². The number of hydrogen-bond donors (Lipinski definition) is 0. The van der Waals surface area contributed by atoms with E-state index >= 15 is 0 Å². The van der Waals surface area contributed by atoms with E-state index in [9.17, 15) is 16.8 Å². The van der Waals surface area contributed by atoms with Gasteiger partial charge in [-0.1, -0.05) is 18.2 Å². The standard InChI is InChI=1S/C27H21N7O4S2/c1-39(35,36)21-10-8-19(9-11-21)26-31-24-17-29-27-23(12-15-33(27)40(37,38)22-6-3-2-4-7-22)25(24)34(26)20-16-30-32(18-20)14-5-13-28/h2-4,6-12,15-18H,5,14H2,1H3. The van der Waals surface area contributed by atoms with Crippen LogP contribution in [0.4, 0.5) is 0 Å². The number of nitrogens with zero attached hydrogens (tertiary/aromatic N) is 7. The van der Waals surface area contributed by atoms with E-state index in [2.05, 4.69) is 16.2 Å². The van der Waals surface area contributed by atoms with E-state index in [4.69, 9.17) is 10.2 Å². The van der Waals surface area contributed by atoms with E-state index in [0.717, 1.165) is 10.2 Å². The number of rotatable bonds is 7. The van der Waals surface area contributed by atoms with Gasteiger partial charge in [0.2, 0.25) is 0 Å². The van der Waals surface area contributed by atoms with E-state index < -0.39 is 19.9 Å². The summed E-state index contributed by atoms with van der Waals surface area (Å²) in [6.45, 7) is 0.393. The predicted octanol–water partition coefficient (Wildman–Crippen LogP) is 3.79. The first-order valence-corrected chi connectivity index (χ1v) is 15.4. The molecule has 0 radical (unpaired) electrons. The first-order valence-electron chi connectivity index (χ1n) is 12.1. The average molecular weight is 572 g/mol. The van der Waals surface area contributed by atoms with Crippen LogP contribution < -0.4 is 0 Å². The Bertz CT molecular complexity index is 2160. The zero-order chi connectivity index (χ0) is 28.1. The molecule has 13 heteroatoms. The number of sulfone groups is 1. The van der Waals surface area contributed by atoms with Crippen molar-refractivity contribution in [1.29, 1.82) is 5.26 Å². The first-order chi connectivity index (χ1) is 19.2. The van der Waals surface area contributed by atoms with Crippen LogP contribution >= 0.6 is 0 Å². The van der Waals surface area contributed by atoms with Gasteiger partial charge in [-0.15, -0.1) is 0 Å². The minimum atomic E-state index is -3.92. The third-order valence-electron chi connectivity index (χ3n) is 6.47. The zero-order valence-corrected chi connectivity index (χ0v) is 22.7. The van der Waals surface area contributed by atoms with E-state index in [-0.39, 0.29) is 21.9 Å². The number of benzene rings is 2. The third-order valence-corrected chi connectivity index (χ3v) is 9.27. The van der Waals surface area contributed by atoms with E-state index in [0.29, 0.717) is 40.0 Å². The molecule has 0 amide bonds. The molecule has 0 unspecified atom stereocenters. The minimum Gasteiger partial charge on any atom is -0.288 e. The Morgan fingerprint density at radius 3 is 2.38 bits per heavy atom. The summed E-state index contributed by atoms with van der Waals surface area (Å²) in [6, 6.07) is 18.3. The van der Waals surface area contributed by atoms with Crippen LogP contribution in [0.3, 0.4) is 0 Å². The molecule has 40 heavy (non-hydrogen) atoms. The second-order valence-corrected chi connectivity index (χ2v) is 12.9. The first kappa shape index (κ1) is 25.5. The molecule has 4 aromatic heterocycles. The van der Waals surface area contributed by atoms with Crippen molar-refractivity contribution >= 4 is 41.9 Å². The summed E-state index contributed by atoms with van der Waals surface area (Å²) in [5.41, 5.74) is 2.61. The van der Waals surface area contributed by atoms with Gasteiger partial charge in [0.05, 0.1) is 52.4 Å². The lowest BCUT2D eigenvalue weighted by atomic mass is 10.2. The quantitative estimate of drug-likeness (QED) is 0.281. The number of imidazole rings is 1. The van der Waals surface area contributed by atoms with Crippen molar-refractivity contribution in [3.05, 3.63) is 85.5 Å². The largest absolute Gasteiger partial charge is 0.288 e. The Balaban J connectivity index is 1.61. The Labute approximate surface area is 229 Å². The molecule has 0 bridgehead atoms. The fraction of sp³-hybridized carbons (Fsp3) is 0.111. The SMILES string of the molecule is CS(=O)(=O)c1ccc(-c2nc3cnc4c(ccn4S(=O)(=O)c4ccccc4)c3n2-c2cnn(CCC#N)c2)cc1. The Morgan fingerprint density at radius 1 is 0.925 bits per heavy atom. The lowest BCUT2D eigenvalue weighted by molar-refractivity contribution is 0.588. The third kappa shape index (κ3) is 4.23. The summed E-state index contributed by atoms with van der Waals surface area (Å²) in [5.74, 6) is 0.489. The van der Waals surface area contributed by atoms with Gasteiger partial charge in [0, 0.05) is 29.6 Å². The highest BCUT2D eigenvalue weighted by molar-refractivity contribution is 7.90. The van der Waals surface area contributed by atoms with Crippen LogP contribution in [0.25, 0.3) is 39.1 Å². The summed E-state index contributed by atoms with van der Waals surface area (Å²) in [5, 5.41) is 13.9. The fourth-order valence-electron chi connectivity index (χ4n) is 4.58. The van der Waals surface area contributed by atoms with E-state index in [1.54, 1.807) is 53.5 Å². The molecule has 0 aliphatic heterocycles. The van der Waals surface area contributed by atoms with Gasteiger partial charge in [0.15, 0.2) is 15.5 Å². The maximum atomic E-state index is 13.5. The summed E-state index contributed by atoms with van der Waals surface area (Å²) in [7, 11) is -7.31. The highest BCUT2D eigenvalue weighted by Gasteiger charge is 2.24.